The van der Waals surface area contributed by atoms with Gasteiger partial charge in [-0.2, -0.15) is 26.3 Å². The normalized spacial score (nSPS) is 12.4. The van der Waals surface area contributed by atoms with Gasteiger partial charge in [-0.25, -0.2) is 4.98 Å². The number of rotatable bonds is 8. The average Bonchev–Trinajstić information content (AvgIpc) is 3.06. The highest BCUT2D eigenvalue weighted by atomic mass is 32.2. The molecule has 0 spiro atoms. The topological polar surface area (TPSA) is 62.3 Å². The number of hydrogen-bond acceptors (Lipinski definition) is 5. The van der Waals surface area contributed by atoms with E-state index >= 15 is 0 Å². The van der Waals surface area contributed by atoms with Crippen LogP contribution in [0.1, 0.15) is 20.3 Å². The Bertz CT molecular complexity index is 911. The van der Waals surface area contributed by atoms with Crippen molar-refractivity contribution in [3.8, 4) is 0 Å². The molecule has 172 valence electrons. The molecular weight excluding hydrogens is 468 g/mol. The molecule has 0 radical (unpaired) electrons. The Morgan fingerprint density at radius 2 is 1.74 bits per heavy atom. The molecule has 1 aromatic heterocycles. The monoisotopic (exact) mass is 487 g/mol. The lowest BCUT2D eigenvalue weighted by Crippen LogP contribution is -2.39. The van der Waals surface area contributed by atoms with Crippen molar-refractivity contribution in [1.29, 1.82) is 0 Å². The molecule has 31 heavy (non-hydrogen) atoms. The Balaban J connectivity index is 2.06. The van der Waals surface area contributed by atoms with E-state index in [1.807, 2.05) is 13.8 Å². The zero-order valence-electron chi connectivity index (χ0n) is 16.4. The van der Waals surface area contributed by atoms with Crippen molar-refractivity contribution in [1.82, 2.24) is 9.88 Å². The second-order valence-electron chi connectivity index (χ2n) is 6.41. The van der Waals surface area contributed by atoms with E-state index in [1.54, 1.807) is 4.90 Å². The number of carbonyl (C=O) groups excluding carboxylic acids is 2. The predicted octanol–water partition coefficient (Wildman–Crippen LogP) is 5.33. The third kappa shape index (κ3) is 6.99. The molecule has 0 fully saturated rings. The van der Waals surface area contributed by atoms with Gasteiger partial charge in [0.2, 0.25) is 11.8 Å². The number of amides is 2. The standard InChI is InChI=1S/C18H19F6N3O2S2/c1-3-27(4-2)15(29)9-30-16-26-11-6-5-10(7-12(11)31-16)25-14(28)8-13(17(19,20)21)18(22,23)24/h5-7,13H,3-4,8-9H2,1-2H3,(H,25,28). The molecule has 0 atom stereocenters. The first-order chi connectivity index (χ1) is 14.3. The smallest absolute Gasteiger partial charge is 0.343 e. The third-order valence-corrected chi connectivity index (χ3v) is 6.41. The molecule has 2 amide bonds. The van der Waals surface area contributed by atoms with Crippen LogP contribution < -0.4 is 5.32 Å². The largest absolute Gasteiger partial charge is 0.400 e. The van der Waals surface area contributed by atoms with Crippen molar-refractivity contribution < 1.29 is 35.9 Å². The highest BCUT2D eigenvalue weighted by Crippen LogP contribution is 2.41. The summed E-state index contributed by atoms with van der Waals surface area (Å²) in [5.41, 5.74) is 0.587. The Hall–Kier alpha value is -2.02. The molecular formula is C18H19F6N3O2S2. The molecule has 0 aliphatic heterocycles. The van der Waals surface area contributed by atoms with E-state index in [0.29, 0.717) is 27.6 Å². The maximum absolute atomic E-state index is 12.6. The summed E-state index contributed by atoms with van der Waals surface area (Å²) < 4.78 is 76.8. The van der Waals surface area contributed by atoms with Crippen molar-refractivity contribution in [3.63, 3.8) is 0 Å². The van der Waals surface area contributed by atoms with Crippen LogP contribution in [0.4, 0.5) is 32.0 Å². The summed E-state index contributed by atoms with van der Waals surface area (Å²) in [6.45, 7) is 4.90. The summed E-state index contributed by atoms with van der Waals surface area (Å²) in [5, 5.41) is 2.07. The Labute approximate surface area is 182 Å². The Morgan fingerprint density at radius 3 is 2.29 bits per heavy atom. The molecule has 0 aliphatic carbocycles. The van der Waals surface area contributed by atoms with Gasteiger partial charge >= 0.3 is 12.4 Å². The van der Waals surface area contributed by atoms with Crippen LogP contribution in [0.3, 0.4) is 0 Å². The van der Waals surface area contributed by atoms with Crippen LogP contribution >= 0.6 is 23.1 Å². The average molecular weight is 487 g/mol. The molecule has 0 aliphatic rings. The van der Waals surface area contributed by atoms with Gasteiger partial charge < -0.3 is 10.2 Å². The minimum atomic E-state index is -5.58. The van der Waals surface area contributed by atoms with E-state index in [2.05, 4.69) is 10.3 Å². The number of thioether (sulfide) groups is 1. The zero-order valence-corrected chi connectivity index (χ0v) is 18.1. The lowest BCUT2D eigenvalue weighted by atomic mass is 10.0. The molecule has 1 N–H and O–H groups in total. The predicted molar refractivity (Wildman–Crippen MR) is 107 cm³/mol. The lowest BCUT2D eigenvalue weighted by Gasteiger charge is -2.22. The highest BCUT2D eigenvalue weighted by molar-refractivity contribution is 8.01. The number of carbonyl (C=O) groups is 2. The molecule has 5 nitrogen and oxygen atoms in total. The van der Waals surface area contributed by atoms with Gasteiger partial charge in [0.05, 0.1) is 16.0 Å². The van der Waals surface area contributed by atoms with Crippen LogP contribution in [-0.4, -0.2) is 52.9 Å². The summed E-state index contributed by atoms with van der Waals surface area (Å²) in [6, 6.07) is 4.24. The molecule has 13 heteroatoms. The molecule has 1 aromatic carbocycles. The number of alkyl halides is 6. The summed E-state index contributed by atoms with van der Waals surface area (Å²) in [4.78, 5) is 29.9. The summed E-state index contributed by atoms with van der Waals surface area (Å²) in [6.07, 6.45) is -12.9. The summed E-state index contributed by atoms with van der Waals surface area (Å²) in [5.74, 6) is -5.01. The molecule has 2 rings (SSSR count). The van der Waals surface area contributed by atoms with Crippen LogP contribution in [0.15, 0.2) is 22.5 Å². The van der Waals surface area contributed by atoms with Gasteiger partial charge in [-0.15, -0.1) is 11.3 Å². The number of thiazole rings is 1. The van der Waals surface area contributed by atoms with Crippen molar-refractivity contribution in [2.75, 3.05) is 24.2 Å². The minimum Gasteiger partial charge on any atom is -0.343 e. The Kier molecular flexibility index (Phi) is 8.20. The molecule has 0 saturated heterocycles. The van der Waals surface area contributed by atoms with E-state index in [1.165, 1.54) is 41.3 Å². The van der Waals surface area contributed by atoms with Gasteiger partial charge in [-0.05, 0) is 32.0 Å². The Morgan fingerprint density at radius 1 is 1.13 bits per heavy atom. The van der Waals surface area contributed by atoms with Crippen molar-refractivity contribution in [2.24, 2.45) is 5.92 Å². The third-order valence-electron chi connectivity index (χ3n) is 4.27. The quantitative estimate of drug-likeness (QED) is 0.404. The fourth-order valence-corrected chi connectivity index (χ4v) is 4.66. The second kappa shape index (κ2) is 10.1. The lowest BCUT2D eigenvalue weighted by molar-refractivity contribution is -0.283. The first kappa shape index (κ1) is 25.2. The number of benzene rings is 1. The molecule has 0 unspecified atom stereocenters. The maximum Gasteiger partial charge on any atom is 0.400 e. The first-order valence-corrected chi connectivity index (χ1v) is 10.9. The van der Waals surface area contributed by atoms with E-state index in [4.69, 9.17) is 0 Å². The molecule has 0 bridgehead atoms. The zero-order chi connectivity index (χ0) is 23.4. The van der Waals surface area contributed by atoms with Crippen molar-refractivity contribution in [3.05, 3.63) is 18.2 Å². The van der Waals surface area contributed by atoms with Crippen LogP contribution in [0.5, 0.6) is 0 Å². The van der Waals surface area contributed by atoms with Gasteiger partial charge in [-0.3, -0.25) is 9.59 Å². The highest BCUT2D eigenvalue weighted by Gasteiger charge is 2.57. The number of fused-ring (bicyclic) bond motifs is 1. The number of hydrogen-bond donors (Lipinski definition) is 1. The second-order valence-corrected chi connectivity index (χ2v) is 8.66. The van der Waals surface area contributed by atoms with Gasteiger partial charge in [0.25, 0.3) is 0 Å². The fourth-order valence-electron chi connectivity index (χ4n) is 2.65. The van der Waals surface area contributed by atoms with Crippen LogP contribution in [-0.2, 0) is 9.59 Å². The first-order valence-electron chi connectivity index (χ1n) is 9.09. The van der Waals surface area contributed by atoms with E-state index in [9.17, 15) is 35.9 Å². The molecule has 0 saturated carbocycles. The van der Waals surface area contributed by atoms with Crippen LogP contribution in [0.25, 0.3) is 10.2 Å². The van der Waals surface area contributed by atoms with Gasteiger partial charge in [-0.1, -0.05) is 11.8 Å². The van der Waals surface area contributed by atoms with Crippen molar-refractivity contribution >= 4 is 50.8 Å². The van der Waals surface area contributed by atoms with Crippen LogP contribution in [0.2, 0.25) is 0 Å². The summed E-state index contributed by atoms with van der Waals surface area (Å²) in [7, 11) is 0. The molecule has 1 heterocycles. The van der Waals surface area contributed by atoms with Gasteiger partial charge in [0.15, 0.2) is 10.3 Å². The van der Waals surface area contributed by atoms with E-state index < -0.39 is 30.6 Å². The minimum absolute atomic E-state index is 0.0499. The number of nitrogens with zero attached hydrogens (tertiary/aromatic N) is 2. The summed E-state index contributed by atoms with van der Waals surface area (Å²) >= 11 is 2.43. The van der Waals surface area contributed by atoms with Crippen LogP contribution in [0, 0.1) is 5.92 Å². The van der Waals surface area contributed by atoms with Crippen molar-refractivity contribution in [2.45, 2.75) is 37.0 Å². The number of aromatic nitrogens is 1. The van der Waals surface area contributed by atoms with Gasteiger partial charge in [0, 0.05) is 25.2 Å². The number of anilines is 1. The van der Waals surface area contributed by atoms with E-state index in [0.717, 1.165) is 0 Å². The SMILES string of the molecule is CCN(CC)C(=O)CSc1nc2ccc(NC(=O)CC(C(F)(F)F)C(F)(F)F)cc2s1. The number of halogens is 6. The maximum atomic E-state index is 12.6. The van der Waals surface area contributed by atoms with E-state index in [-0.39, 0.29) is 17.3 Å². The van der Waals surface area contributed by atoms with Gasteiger partial charge in [0.1, 0.15) is 0 Å². The fraction of sp³-hybridized carbons (Fsp3) is 0.500. The molecule has 2 aromatic rings. The number of nitrogens with one attached hydrogen (secondary N) is 1.